The van der Waals surface area contributed by atoms with E-state index >= 15 is 0 Å². The smallest absolute Gasteiger partial charge is 0.439 e. The topological polar surface area (TPSA) is 118 Å². The zero-order valence-corrected chi connectivity index (χ0v) is 23.6. The summed E-state index contributed by atoms with van der Waals surface area (Å²) in [6.07, 6.45) is 0.0190. The van der Waals surface area contributed by atoms with E-state index in [4.69, 9.17) is 13.7 Å². The van der Waals surface area contributed by atoms with Crippen LogP contribution in [0.1, 0.15) is 66.1 Å². The van der Waals surface area contributed by atoms with E-state index in [9.17, 15) is 14.7 Å². The summed E-state index contributed by atoms with van der Waals surface area (Å²) in [5.74, 6) is 0.452. The first-order valence-electron chi connectivity index (χ1n) is 12.6. The van der Waals surface area contributed by atoms with Gasteiger partial charge in [0, 0.05) is 43.0 Å². The minimum absolute atomic E-state index is 0.0112. The highest BCUT2D eigenvalue weighted by Gasteiger charge is 2.57. The number of carbonyl (C=O) groups is 1. The van der Waals surface area contributed by atoms with E-state index in [1.165, 1.54) is 4.90 Å². The Bertz CT molecular complexity index is 1180. The number of aromatic amines is 1. The largest absolute Gasteiger partial charge is 0.486 e. The minimum atomic E-state index is -2.24. The maximum absolute atomic E-state index is 11.7. The summed E-state index contributed by atoms with van der Waals surface area (Å²) < 4.78 is 18.8. The molecule has 198 valence electrons. The van der Waals surface area contributed by atoms with Gasteiger partial charge in [0.15, 0.2) is 14.1 Å². The van der Waals surface area contributed by atoms with Crippen LogP contribution in [0.15, 0.2) is 27.5 Å². The number of nitrogens with one attached hydrogen (secondary N) is 1. The summed E-state index contributed by atoms with van der Waals surface area (Å²) in [7, 11) is -2.24. The molecule has 2 N–H and O–H groups in total. The molecule has 1 spiro atoms. The highest BCUT2D eigenvalue weighted by atomic mass is 28.4. The van der Waals surface area contributed by atoms with Crippen molar-refractivity contribution in [2.75, 3.05) is 13.1 Å². The molecule has 0 bridgehead atoms. The Labute approximate surface area is 213 Å². The third-order valence-electron chi connectivity index (χ3n) is 8.25. The predicted octanol–water partition coefficient (Wildman–Crippen LogP) is 5.66. The molecule has 1 aromatic heterocycles. The van der Waals surface area contributed by atoms with Crippen molar-refractivity contribution in [3.8, 4) is 17.1 Å². The van der Waals surface area contributed by atoms with Crippen LogP contribution < -0.4 is 10.5 Å². The number of likely N-dealkylation sites (tertiary alicyclic amines) is 1. The summed E-state index contributed by atoms with van der Waals surface area (Å²) in [5, 5.41) is 13.4. The number of carboxylic acid groups (broad SMARTS) is 1. The molecule has 0 aliphatic carbocycles. The van der Waals surface area contributed by atoms with Gasteiger partial charge in [-0.15, -0.1) is 0 Å². The number of rotatable bonds is 3. The molecule has 1 fully saturated rings. The summed E-state index contributed by atoms with van der Waals surface area (Å²) in [6, 6.07) is 5.75. The van der Waals surface area contributed by atoms with Gasteiger partial charge in [-0.05, 0) is 41.7 Å². The molecule has 1 aromatic carbocycles. The highest BCUT2D eigenvalue weighted by Crippen LogP contribution is 2.58. The Kier molecular flexibility index (Phi) is 6.44. The van der Waals surface area contributed by atoms with Crippen LogP contribution in [-0.2, 0) is 4.43 Å². The van der Waals surface area contributed by atoms with Crippen molar-refractivity contribution >= 4 is 14.4 Å². The Morgan fingerprint density at radius 3 is 2.33 bits per heavy atom. The molecule has 2 aliphatic heterocycles. The van der Waals surface area contributed by atoms with Gasteiger partial charge in [0.25, 0.3) is 0 Å². The van der Waals surface area contributed by atoms with Crippen LogP contribution in [0.25, 0.3) is 11.4 Å². The zero-order chi connectivity index (χ0) is 26.7. The number of fused-ring (bicyclic) bond motifs is 1. The normalized spacial score (nSPS) is 22.3. The van der Waals surface area contributed by atoms with Gasteiger partial charge in [0.1, 0.15) is 11.4 Å². The number of nitrogens with zero attached hydrogens (tertiary/aromatic N) is 2. The zero-order valence-electron chi connectivity index (χ0n) is 22.6. The summed E-state index contributed by atoms with van der Waals surface area (Å²) in [4.78, 5) is 27.4. The van der Waals surface area contributed by atoms with Gasteiger partial charge in [-0.25, -0.2) is 9.59 Å². The van der Waals surface area contributed by atoms with E-state index in [1.807, 2.05) is 18.2 Å². The van der Waals surface area contributed by atoms with Crippen LogP contribution in [0.4, 0.5) is 4.79 Å². The van der Waals surface area contributed by atoms with Crippen LogP contribution in [-0.4, -0.2) is 53.2 Å². The minimum Gasteiger partial charge on any atom is -0.486 e. The number of H-pyrrole nitrogens is 1. The van der Waals surface area contributed by atoms with E-state index in [1.54, 1.807) is 0 Å². The maximum Gasteiger partial charge on any atom is 0.439 e. The van der Waals surface area contributed by atoms with Gasteiger partial charge >= 0.3 is 11.8 Å². The molecule has 0 saturated carbocycles. The van der Waals surface area contributed by atoms with Crippen LogP contribution in [0.3, 0.4) is 0 Å². The summed E-state index contributed by atoms with van der Waals surface area (Å²) >= 11 is 0. The van der Waals surface area contributed by atoms with Crippen molar-refractivity contribution in [1.29, 1.82) is 0 Å². The molecule has 2 atom stereocenters. The second kappa shape index (κ2) is 8.76. The Hall–Kier alpha value is -2.59. The maximum atomic E-state index is 11.7. The number of piperidine rings is 1. The van der Waals surface area contributed by atoms with E-state index in [0.29, 0.717) is 31.8 Å². The Balaban J connectivity index is 1.87. The third kappa shape index (κ3) is 4.72. The average molecular weight is 518 g/mol. The van der Waals surface area contributed by atoms with Crippen LogP contribution in [0.2, 0.25) is 18.1 Å². The number of amides is 1. The molecular weight excluding hydrogens is 478 g/mol. The van der Waals surface area contributed by atoms with E-state index in [-0.39, 0.29) is 22.5 Å². The third-order valence-corrected chi connectivity index (χ3v) is 12.7. The molecule has 4 rings (SSSR count). The van der Waals surface area contributed by atoms with E-state index in [0.717, 1.165) is 16.9 Å². The van der Waals surface area contributed by atoms with Gasteiger partial charge < -0.3 is 19.2 Å². The van der Waals surface area contributed by atoms with Crippen molar-refractivity contribution in [2.45, 2.75) is 84.2 Å². The predicted molar refractivity (Wildman–Crippen MR) is 139 cm³/mol. The molecule has 10 heteroatoms. The number of hydrogen-bond donors (Lipinski definition) is 2. The standard InChI is InChI=1S/C26H39N3O6Si/c1-24(2,3)20-19(35-36(7,8)25(4,5)6)17-15-16(21-27-22(30)34-28-21)9-10-18(17)33-26(20)11-13-29(14-12-26)23(31)32/h9-10,15,19-20H,11-14H2,1-8H3,(H,31,32)(H,27,28,30). The SMILES string of the molecule is CC(C)(C)C1C(O[Si](C)(C)C(C)(C)C)c2cc(-c3noc(=O)[nH]3)ccc2OC12CCN(C(=O)O)CC2. The van der Waals surface area contributed by atoms with Gasteiger partial charge in [-0.2, -0.15) is 0 Å². The van der Waals surface area contributed by atoms with E-state index in [2.05, 4.69) is 64.8 Å². The van der Waals surface area contributed by atoms with Crippen molar-refractivity contribution in [1.82, 2.24) is 15.0 Å². The first-order valence-corrected chi connectivity index (χ1v) is 15.5. The van der Waals surface area contributed by atoms with Crippen LogP contribution >= 0.6 is 0 Å². The molecule has 3 heterocycles. The molecule has 2 aliphatic rings. The fourth-order valence-corrected chi connectivity index (χ4v) is 6.71. The average Bonchev–Trinajstić information content (AvgIpc) is 3.18. The molecule has 2 aromatic rings. The van der Waals surface area contributed by atoms with Gasteiger partial charge in [0.2, 0.25) is 0 Å². The van der Waals surface area contributed by atoms with Crippen molar-refractivity contribution in [3.63, 3.8) is 0 Å². The van der Waals surface area contributed by atoms with E-state index < -0.39 is 25.8 Å². The second-order valence-electron chi connectivity index (χ2n) is 12.8. The molecule has 1 saturated heterocycles. The number of ether oxygens (including phenoxy) is 1. The Morgan fingerprint density at radius 2 is 1.83 bits per heavy atom. The van der Waals surface area contributed by atoms with Crippen molar-refractivity contribution in [2.24, 2.45) is 11.3 Å². The molecule has 2 unspecified atom stereocenters. The highest BCUT2D eigenvalue weighted by molar-refractivity contribution is 6.74. The molecule has 0 radical (unpaired) electrons. The lowest BCUT2D eigenvalue weighted by Crippen LogP contribution is -2.61. The lowest BCUT2D eigenvalue weighted by Gasteiger charge is -2.57. The molecular formula is C26H39N3O6Si. The van der Waals surface area contributed by atoms with Crippen molar-refractivity contribution in [3.05, 3.63) is 34.3 Å². The number of aromatic nitrogens is 2. The Morgan fingerprint density at radius 1 is 1.19 bits per heavy atom. The number of hydrogen-bond acceptors (Lipinski definition) is 6. The van der Waals surface area contributed by atoms with Crippen LogP contribution in [0.5, 0.6) is 5.75 Å². The monoisotopic (exact) mass is 517 g/mol. The van der Waals surface area contributed by atoms with Gasteiger partial charge in [-0.1, -0.05) is 46.7 Å². The quantitative estimate of drug-likeness (QED) is 0.504. The lowest BCUT2D eigenvalue weighted by atomic mass is 9.62. The fourth-order valence-electron chi connectivity index (χ4n) is 5.46. The summed E-state index contributed by atoms with van der Waals surface area (Å²) in [5.41, 5.74) is 0.881. The number of benzene rings is 1. The molecule has 36 heavy (non-hydrogen) atoms. The molecule has 1 amide bonds. The van der Waals surface area contributed by atoms with Crippen molar-refractivity contribution < 1.29 is 23.6 Å². The van der Waals surface area contributed by atoms with Gasteiger partial charge in [-0.3, -0.25) is 9.51 Å². The lowest BCUT2D eigenvalue weighted by molar-refractivity contribution is -0.137. The first kappa shape index (κ1) is 26.5. The van der Waals surface area contributed by atoms with Crippen LogP contribution in [0, 0.1) is 11.3 Å². The summed E-state index contributed by atoms with van der Waals surface area (Å²) in [6.45, 7) is 18.6. The van der Waals surface area contributed by atoms with Gasteiger partial charge in [0.05, 0.1) is 6.10 Å². The first-order chi connectivity index (χ1) is 16.5. The second-order valence-corrected chi connectivity index (χ2v) is 17.5. The fraction of sp³-hybridized carbons (Fsp3) is 0.654. The molecule has 9 nitrogen and oxygen atoms in total.